The van der Waals surface area contributed by atoms with Gasteiger partial charge < -0.3 is 10.1 Å². The molecule has 3 nitrogen and oxygen atoms in total. The third-order valence-corrected chi connectivity index (χ3v) is 4.93. The van der Waals surface area contributed by atoms with Gasteiger partial charge in [0.1, 0.15) is 5.75 Å². The van der Waals surface area contributed by atoms with Crippen LogP contribution in [0.5, 0.6) is 5.75 Å². The van der Waals surface area contributed by atoms with Crippen LogP contribution in [0.25, 0.3) is 0 Å². The summed E-state index contributed by atoms with van der Waals surface area (Å²) in [5.41, 5.74) is 2.60. The van der Waals surface area contributed by atoms with Crippen LogP contribution in [-0.4, -0.2) is 12.5 Å². The van der Waals surface area contributed by atoms with Crippen molar-refractivity contribution in [3.63, 3.8) is 0 Å². The lowest BCUT2D eigenvalue weighted by Gasteiger charge is -2.26. The van der Waals surface area contributed by atoms with E-state index < -0.39 is 0 Å². The van der Waals surface area contributed by atoms with Crippen LogP contribution in [0.3, 0.4) is 0 Å². The number of carbonyl (C=O) groups excluding carboxylic acids is 1. The van der Waals surface area contributed by atoms with Gasteiger partial charge in [0.2, 0.25) is 5.91 Å². The summed E-state index contributed by atoms with van der Waals surface area (Å²) < 4.78 is 5.62. The molecule has 1 aliphatic carbocycles. The molecule has 3 rings (SSSR count). The molecule has 0 unspecified atom stereocenters. The Morgan fingerprint density at radius 1 is 1.20 bits per heavy atom. The molecule has 0 bridgehead atoms. The van der Waals surface area contributed by atoms with Crippen molar-refractivity contribution in [3.05, 3.63) is 63.6 Å². The highest BCUT2D eigenvalue weighted by Gasteiger charge is 2.21. The van der Waals surface area contributed by atoms with Crippen LogP contribution < -0.4 is 10.1 Å². The first kappa shape index (κ1) is 18.1. The minimum Gasteiger partial charge on any atom is -0.492 e. The van der Waals surface area contributed by atoms with Gasteiger partial charge in [-0.05, 0) is 55.0 Å². The van der Waals surface area contributed by atoms with Crippen LogP contribution in [0.1, 0.15) is 42.9 Å². The van der Waals surface area contributed by atoms with Crippen LogP contribution in [0, 0.1) is 0 Å². The highest BCUT2D eigenvalue weighted by Crippen LogP contribution is 2.30. The molecule has 0 radical (unpaired) electrons. The number of halogens is 2. The molecule has 2 aromatic rings. The summed E-state index contributed by atoms with van der Waals surface area (Å²) in [5, 5.41) is 4.21. The van der Waals surface area contributed by atoms with E-state index in [0.717, 1.165) is 19.3 Å². The lowest BCUT2D eigenvalue weighted by Crippen LogP contribution is -2.31. The Bertz CT molecular complexity index is 748. The third-order valence-electron chi connectivity index (χ3n) is 4.40. The summed E-state index contributed by atoms with van der Waals surface area (Å²) in [7, 11) is 0. The Balaban J connectivity index is 1.44. The fourth-order valence-electron chi connectivity index (χ4n) is 3.18. The van der Waals surface area contributed by atoms with Crippen LogP contribution in [0.15, 0.2) is 42.5 Å². The number of nitrogens with one attached hydrogen (secondary N) is 1. The van der Waals surface area contributed by atoms with E-state index in [0.29, 0.717) is 35.2 Å². The molecule has 25 heavy (non-hydrogen) atoms. The van der Waals surface area contributed by atoms with Crippen molar-refractivity contribution >= 4 is 29.1 Å². The van der Waals surface area contributed by atoms with E-state index in [9.17, 15) is 4.79 Å². The maximum Gasteiger partial charge on any atom is 0.220 e. The van der Waals surface area contributed by atoms with E-state index >= 15 is 0 Å². The van der Waals surface area contributed by atoms with Crippen molar-refractivity contribution in [1.29, 1.82) is 0 Å². The van der Waals surface area contributed by atoms with Crippen LogP contribution >= 0.6 is 23.2 Å². The summed E-state index contributed by atoms with van der Waals surface area (Å²) in [6.45, 7) is 0.441. The Morgan fingerprint density at radius 3 is 2.88 bits per heavy atom. The zero-order valence-corrected chi connectivity index (χ0v) is 15.4. The van der Waals surface area contributed by atoms with E-state index in [1.165, 1.54) is 11.1 Å². The minimum atomic E-state index is 0.0625. The minimum absolute atomic E-state index is 0.0625. The molecule has 0 saturated carbocycles. The third kappa shape index (κ3) is 4.90. The molecule has 0 aromatic heterocycles. The summed E-state index contributed by atoms with van der Waals surface area (Å²) in [6, 6.07) is 13.6. The van der Waals surface area contributed by atoms with Gasteiger partial charge in [-0.3, -0.25) is 4.79 Å². The maximum atomic E-state index is 12.2. The standard InChI is InChI=1S/C20H21Cl2NO2/c21-15-10-11-19(17(22)13-15)25-12-4-9-20(24)23-18-8-3-6-14-5-1-2-7-16(14)18/h1-2,5,7,10-11,13,18H,3-4,6,8-9,12H2,(H,23,24)/t18-/m1/s1. The molecule has 1 aliphatic rings. The van der Waals surface area contributed by atoms with Gasteiger partial charge in [-0.15, -0.1) is 0 Å². The molecule has 1 atom stereocenters. The first-order chi connectivity index (χ1) is 12.1. The van der Waals surface area contributed by atoms with Crippen LogP contribution in [-0.2, 0) is 11.2 Å². The number of hydrogen-bond acceptors (Lipinski definition) is 2. The van der Waals surface area contributed by atoms with E-state index in [-0.39, 0.29) is 11.9 Å². The highest BCUT2D eigenvalue weighted by atomic mass is 35.5. The van der Waals surface area contributed by atoms with Gasteiger partial charge in [0.15, 0.2) is 0 Å². The summed E-state index contributed by atoms with van der Waals surface area (Å²) in [4.78, 5) is 12.2. The second-order valence-electron chi connectivity index (χ2n) is 6.24. The van der Waals surface area contributed by atoms with E-state index in [2.05, 4.69) is 23.5 Å². The highest BCUT2D eigenvalue weighted by molar-refractivity contribution is 6.35. The number of hydrogen-bond donors (Lipinski definition) is 1. The molecule has 0 aliphatic heterocycles. The molecule has 5 heteroatoms. The van der Waals surface area contributed by atoms with Crippen molar-refractivity contribution in [1.82, 2.24) is 5.32 Å². The van der Waals surface area contributed by atoms with Crippen molar-refractivity contribution in [2.24, 2.45) is 0 Å². The Hall–Kier alpha value is -1.71. The summed E-state index contributed by atoms with van der Waals surface area (Å²) in [5.74, 6) is 0.653. The van der Waals surface area contributed by atoms with Crippen molar-refractivity contribution < 1.29 is 9.53 Å². The lowest BCUT2D eigenvalue weighted by molar-refractivity contribution is -0.122. The van der Waals surface area contributed by atoms with E-state index in [1.807, 2.05) is 6.07 Å². The molecule has 0 fully saturated rings. The number of carbonyl (C=O) groups is 1. The smallest absolute Gasteiger partial charge is 0.220 e. The maximum absolute atomic E-state index is 12.2. The summed E-state index contributed by atoms with van der Waals surface area (Å²) in [6.07, 6.45) is 4.28. The van der Waals surface area contributed by atoms with Crippen molar-refractivity contribution in [2.45, 2.75) is 38.1 Å². The monoisotopic (exact) mass is 377 g/mol. The molecule has 1 amide bonds. The fourth-order valence-corrected chi connectivity index (χ4v) is 3.64. The second-order valence-corrected chi connectivity index (χ2v) is 7.08. The van der Waals surface area contributed by atoms with Crippen molar-refractivity contribution in [3.8, 4) is 5.75 Å². The van der Waals surface area contributed by atoms with Gasteiger partial charge >= 0.3 is 0 Å². The zero-order valence-electron chi connectivity index (χ0n) is 13.9. The molecule has 0 saturated heterocycles. The lowest BCUT2D eigenvalue weighted by atomic mass is 9.87. The van der Waals surface area contributed by atoms with Gasteiger partial charge in [0, 0.05) is 11.4 Å². The number of fused-ring (bicyclic) bond motifs is 1. The SMILES string of the molecule is O=C(CCCOc1ccc(Cl)cc1Cl)N[C@@H]1CCCc2ccccc21. The van der Waals surface area contributed by atoms with Gasteiger partial charge in [-0.25, -0.2) is 0 Å². The largest absolute Gasteiger partial charge is 0.492 e. The van der Waals surface area contributed by atoms with Crippen LogP contribution in [0.4, 0.5) is 0 Å². The number of ether oxygens (including phenoxy) is 1. The van der Waals surface area contributed by atoms with Gasteiger partial charge in [0.25, 0.3) is 0 Å². The van der Waals surface area contributed by atoms with Gasteiger partial charge in [-0.2, -0.15) is 0 Å². The number of aryl methyl sites for hydroxylation is 1. The zero-order chi connectivity index (χ0) is 17.6. The van der Waals surface area contributed by atoms with E-state index in [4.69, 9.17) is 27.9 Å². The molecule has 0 spiro atoms. The Kier molecular flexibility index (Phi) is 6.22. The van der Waals surface area contributed by atoms with Crippen molar-refractivity contribution in [2.75, 3.05) is 6.61 Å². The first-order valence-electron chi connectivity index (χ1n) is 8.58. The molecule has 2 aromatic carbocycles. The molecule has 132 valence electrons. The Labute approximate surface area is 158 Å². The van der Waals surface area contributed by atoms with Crippen LogP contribution in [0.2, 0.25) is 10.0 Å². The topological polar surface area (TPSA) is 38.3 Å². The fraction of sp³-hybridized carbons (Fsp3) is 0.350. The van der Waals surface area contributed by atoms with Gasteiger partial charge in [0.05, 0.1) is 17.7 Å². The Morgan fingerprint density at radius 2 is 2.04 bits per heavy atom. The van der Waals surface area contributed by atoms with E-state index in [1.54, 1.807) is 18.2 Å². The average molecular weight is 378 g/mol. The molecule has 0 heterocycles. The molecule has 1 N–H and O–H groups in total. The predicted octanol–water partition coefficient (Wildman–Crippen LogP) is 5.35. The normalized spacial score (nSPS) is 16.2. The summed E-state index contributed by atoms with van der Waals surface area (Å²) >= 11 is 11.9. The molecular formula is C20H21Cl2NO2. The van der Waals surface area contributed by atoms with Gasteiger partial charge in [-0.1, -0.05) is 47.5 Å². The number of amides is 1. The number of benzene rings is 2. The second kappa shape index (κ2) is 8.59. The number of rotatable bonds is 6. The first-order valence-corrected chi connectivity index (χ1v) is 9.34. The predicted molar refractivity (Wildman–Crippen MR) is 101 cm³/mol. The average Bonchev–Trinajstić information content (AvgIpc) is 2.60. The quantitative estimate of drug-likeness (QED) is 0.689. The molecular weight excluding hydrogens is 357 g/mol.